The Kier molecular flexibility index (Phi) is 5.26. The maximum Gasteiger partial charge on any atom is 0.255 e. The van der Waals surface area contributed by atoms with Crippen LogP contribution < -0.4 is 14.8 Å². The summed E-state index contributed by atoms with van der Waals surface area (Å²) in [7, 11) is 0. The SMILES string of the molecule is CC1(C)CC(NC(=O)c2ccccc2OCc2ccccc2)c2ccccc2O1. The summed E-state index contributed by atoms with van der Waals surface area (Å²) in [6.07, 6.45) is 0.697. The number of ether oxygens (including phenoxy) is 2. The zero-order valence-corrected chi connectivity index (χ0v) is 16.7. The summed E-state index contributed by atoms with van der Waals surface area (Å²) in [5.41, 5.74) is 2.24. The maximum absolute atomic E-state index is 13.1. The topological polar surface area (TPSA) is 47.6 Å². The van der Waals surface area contributed by atoms with E-state index in [2.05, 4.69) is 5.32 Å². The molecule has 4 nitrogen and oxygen atoms in total. The van der Waals surface area contributed by atoms with Gasteiger partial charge in [-0.3, -0.25) is 4.79 Å². The van der Waals surface area contributed by atoms with Crippen molar-refractivity contribution in [2.75, 3.05) is 0 Å². The molecule has 1 N–H and O–H groups in total. The van der Waals surface area contributed by atoms with Crippen molar-refractivity contribution in [3.05, 3.63) is 95.6 Å². The highest BCUT2D eigenvalue weighted by Gasteiger charge is 2.34. The number of hydrogen-bond acceptors (Lipinski definition) is 3. The van der Waals surface area contributed by atoms with Gasteiger partial charge in [-0.25, -0.2) is 0 Å². The molecule has 0 bridgehead atoms. The van der Waals surface area contributed by atoms with E-state index < -0.39 is 0 Å². The summed E-state index contributed by atoms with van der Waals surface area (Å²) in [5, 5.41) is 3.19. The van der Waals surface area contributed by atoms with E-state index in [9.17, 15) is 4.79 Å². The van der Waals surface area contributed by atoms with Crippen molar-refractivity contribution in [1.29, 1.82) is 0 Å². The first-order valence-corrected chi connectivity index (χ1v) is 9.86. The summed E-state index contributed by atoms with van der Waals surface area (Å²) < 4.78 is 12.0. The van der Waals surface area contributed by atoms with E-state index in [4.69, 9.17) is 9.47 Å². The molecule has 1 unspecified atom stereocenters. The van der Waals surface area contributed by atoms with Gasteiger partial charge in [0.1, 0.15) is 23.7 Å². The Bertz CT molecular complexity index is 998. The first-order chi connectivity index (χ1) is 14.0. The van der Waals surface area contributed by atoms with E-state index >= 15 is 0 Å². The van der Waals surface area contributed by atoms with Crippen LogP contribution in [0.1, 0.15) is 47.8 Å². The smallest absolute Gasteiger partial charge is 0.255 e. The predicted octanol–water partition coefficient (Wildman–Crippen LogP) is 5.30. The quantitative estimate of drug-likeness (QED) is 0.646. The van der Waals surface area contributed by atoms with E-state index in [1.165, 1.54) is 0 Å². The van der Waals surface area contributed by atoms with E-state index in [-0.39, 0.29) is 17.6 Å². The van der Waals surface area contributed by atoms with Crippen LogP contribution in [0.25, 0.3) is 0 Å². The summed E-state index contributed by atoms with van der Waals surface area (Å²) in [6, 6.07) is 25.0. The lowest BCUT2D eigenvalue weighted by atomic mass is 9.89. The Morgan fingerprint density at radius 1 is 1.00 bits per heavy atom. The molecular formula is C25H25NO3. The lowest BCUT2D eigenvalue weighted by Crippen LogP contribution is -2.41. The molecule has 3 aromatic carbocycles. The van der Waals surface area contributed by atoms with Crippen molar-refractivity contribution < 1.29 is 14.3 Å². The van der Waals surface area contributed by atoms with Gasteiger partial charge >= 0.3 is 0 Å². The van der Waals surface area contributed by atoms with Crippen molar-refractivity contribution >= 4 is 5.91 Å². The van der Waals surface area contributed by atoms with Crippen LogP contribution in [-0.2, 0) is 6.61 Å². The molecule has 0 fully saturated rings. The van der Waals surface area contributed by atoms with Crippen LogP contribution in [-0.4, -0.2) is 11.5 Å². The van der Waals surface area contributed by atoms with Crippen LogP contribution in [0.4, 0.5) is 0 Å². The number of rotatable bonds is 5. The number of hydrogen-bond donors (Lipinski definition) is 1. The zero-order chi connectivity index (χ0) is 20.3. The minimum absolute atomic E-state index is 0.121. The highest BCUT2D eigenvalue weighted by Crippen LogP contribution is 2.39. The summed E-state index contributed by atoms with van der Waals surface area (Å²) >= 11 is 0. The second kappa shape index (κ2) is 8.00. The fraction of sp³-hybridized carbons (Fsp3) is 0.240. The van der Waals surface area contributed by atoms with Gasteiger partial charge in [0.2, 0.25) is 0 Å². The molecule has 0 spiro atoms. The van der Waals surface area contributed by atoms with Crippen molar-refractivity contribution in [2.45, 2.75) is 38.5 Å². The Balaban J connectivity index is 1.53. The highest BCUT2D eigenvalue weighted by molar-refractivity contribution is 5.97. The van der Waals surface area contributed by atoms with Gasteiger partial charge < -0.3 is 14.8 Å². The van der Waals surface area contributed by atoms with Gasteiger partial charge in [-0.2, -0.15) is 0 Å². The Morgan fingerprint density at radius 3 is 2.52 bits per heavy atom. The van der Waals surface area contributed by atoms with Crippen LogP contribution in [0.5, 0.6) is 11.5 Å². The average molecular weight is 387 g/mol. The number of amides is 1. The van der Waals surface area contributed by atoms with Gasteiger partial charge in [-0.05, 0) is 37.6 Å². The third-order valence-electron chi connectivity index (χ3n) is 5.05. The molecule has 1 aliphatic heterocycles. The highest BCUT2D eigenvalue weighted by atomic mass is 16.5. The van der Waals surface area contributed by atoms with Crippen LogP contribution in [0.15, 0.2) is 78.9 Å². The maximum atomic E-state index is 13.1. The number of benzene rings is 3. The van der Waals surface area contributed by atoms with Gasteiger partial charge in [0, 0.05) is 12.0 Å². The molecule has 0 aromatic heterocycles. The summed E-state index contributed by atoms with van der Waals surface area (Å²) in [6.45, 7) is 4.50. The molecule has 1 heterocycles. The molecule has 0 saturated carbocycles. The molecule has 29 heavy (non-hydrogen) atoms. The largest absolute Gasteiger partial charge is 0.488 e. The van der Waals surface area contributed by atoms with Crippen molar-refractivity contribution in [1.82, 2.24) is 5.32 Å². The summed E-state index contributed by atoms with van der Waals surface area (Å²) in [4.78, 5) is 13.1. The molecular weight excluding hydrogens is 362 g/mol. The average Bonchev–Trinajstić information content (AvgIpc) is 2.72. The van der Waals surface area contributed by atoms with Gasteiger partial charge in [0.05, 0.1) is 11.6 Å². The number of fused-ring (bicyclic) bond motifs is 1. The number of para-hydroxylation sites is 2. The van der Waals surface area contributed by atoms with E-state index in [0.29, 0.717) is 24.3 Å². The third-order valence-corrected chi connectivity index (χ3v) is 5.05. The lowest BCUT2D eigenvalue weighted by Gasteiger charge is -2.37. The number of carbonyl (C=O) groups is 1. The molecule has 148 valence electrons. The molecule has 0 radical (unpaired) electrons. The van der Waals surface area contributed by atoms with E-state index in [0.717, 1.165) is 16.9 Å². The first-order valence-electron chi connectivity index (χ1n) is 9.86. The summed E-state index contributed by atoms with van der Waals surface area (Å²) in [5.74, 6) is 1.25. The fourth-order valence-electron chi connectivity index (χ4n) is 3.68. The van der Waals surface area contributed by atoms with Gasteiger partial charge in [0.15, 0.2) is 0 Å². The minimum Gasteiger partial charge on any atom is -0.488 e. The molecule has 4 heteroatoms. The van der Waals surface area contributed by atoms with Crippen LogP contribution >= 0.6 is 0 Å². The molecule has 1 amide bonds. The van der Waals surface area contributed by atoms with Gasteiger partial charge in [-0.15, -0.1) is 0 Å². The van der Waals surface area contributed by atoms with Crippen molar-refractivity contribution in [3.8, 4) is 11.5 Å². The second-order valence-electron chi connectivity index (χ2n) is 7.90. The van der Waals surface area contributed by atoms with Crippen molar-refractivity contribution in [3.63, 3.8) is 0 Å². The van der Waals surface area contributed by atoms with Gasteiger partial charge in [-0.1, -0.05) is 60.7 Å². The zero-order valence-electron chi connectivity index (χ0n) is 16.7. The normalized spacial score (nSPS) is 17.0. The van der Waals surface area contributed by atoms with Crippen LogP contribution in [0.3, 0.4) is 0 Å². The van der Waals surface area contributed by atoms with Crippen LogP contribution in [0, 0.1) is 0 Å². The predicted molar refractivity (Wildman–Crippen MR) is 113 cm³/mol. The standard InChI is InChI=1S/C25H25NO3/c1-25(2)16-21(19-12-6-9-15-23(19)29-25)26-24(27)20-13-7-8-14-22(20)28-17-18-10-4-3-5-11-18/h3-15,21H,16-17H2,1-2H3,(H,26,27). The lowest BCUT2D eigenvalue weighted by molar-refractivity contribution is 0.0618. The first kappa shape index (κ1) is 19.1. The Labute approximate surface area is 171 Å². The third kappa shape index (κ3) is 4.43. The van der Waals surface area contributed by atoms with E-state index in [1.807, 2.05) is 86.6 Å². The molecule has 4 rings (SSSR count). The molecule has 0 saturated heterocycles. The second-order valence-corrected chi connectivity index (χ2v) is 7.90. The number of nitrogens with one attached hydrogen (secondary N) is 1. The molecule has 1 atom stereocenters. The minimum atomic E-state index is -0.352. The molecule has 3 aromatic rings. The van der Waals surface area contributed by atoms with E-state index in [1.54, 1.807) is 6.07 Å². The molecule has 0 aliphatic carbocycles. The Morgan fingerprint density at radius 2 is 1.69 bits per heavy atom. The fourth-order valence-corrected chi connectivity index (χ4v) is 3.68. The Hall–Kier alpha value is -3.27. The number of carbonyl (C=O) groups excluding carboxylic acids is 1. The van der Waals surface area contributed by atoms with Crippen LogP contribution in [0.2, 0.25) is 0 Å². The monoisotopic (exact) mass is 387 g/mol. The van der Waals surface area contributed by atoms with Gasteiger partial charge in [0.25, 0.3) is 5.91 Å². The van der Waals surface area contributed by atoms with Crippen molar-refractivity contribution in [2.24, 2.45) is 0 Å². The molecule has 1 aliphatic rings.